The van der Waals surface area contributed by atoms with Gasteiger partial charge in [-0.15, -0.1) is 0 Å². The number of rotatable bonds is 15. The van der Waals surface area contributed by atoms with Crippen LogP contribution in [-0.4, -0.2) is 135 Å². The Morgan fingerprint density at radius 2 is 1.79 bits per heavy atom. The third kappa shape index (κ3) is 9.31. The van der Waals surface area contributed by atoms with E-state index < -0.39 is 24.2 Å². The van der Waals surface area contributed by atoms with E-state index in [1.807, 2.05) is 49.3 Å². The molecule has 5 aliphatic rings. The first-order valence-electron chi connectivity index (χ1n) is 21.2. The highest BCUT2D eigenvalue weighted by Gasteiger charge is 2.57. The number of hydrogen-bond acceptors (Lipinski definition) is 10. The third-order valence-electron chi connectivity index (χ3n) is 13.9. The molecule has 2 bridgehead atoms. The fourth-order valence-corrected chi connectivity index (χ4v) is 10.3. The van der Waals surface area contributed by atoms with Crippen molar-refractivity contribution in [3.8, 4) is 16.9 Å². The molecule has 3 saturated carbocycles. The van der Waals surface area contributed by atoms with Gasteiger partial charge in [-0.2, -0.15) is 5.06 Å². The molecule has 12 nitrogen and oxygen atoms in total. The van der Waals surface area contributed by atoms with Gasteiger partial charge in [0.25, 0.3) is 5.91 Å². The predicted molar refractivity (Wildman–Crippen MR) is 225 cm³/mol. The topological polar surface area (TPSA) is 130 Å². The normalized spacial score (nSPS) is 28.8. The smallest absolute Gasteiger partial charge is 0.251 e. The van der Waals surface area contributed by atoms with E-state index in [-0.39, 0.29) is 42.5 Å². The van der Waals surface area contributed by atoms with Crippen molar-refractivity contribution in [2.75, 3.05) is 72.5 Å². The molecule has 2 amide bonds. The molecular weight excluding hydrogens is 721 g/mol. The standard InChI is InChI=1S/C45H70N6O6/c1-27(2)18-34(25-50-16-14-49(9)15-17-50)46-43(54)32-19-31(20-35(21-32)48(7)8)36-13-11-12-30(42(36)56-10)24-51-41(40(29(4)53)39(26-52)57-51)44(55)47-38-23-33-22-37(28(38)3)45(33,5)6/h11-13,19-21,27-29,33-34,37-41,52-53H,14-18,22-26H2,1-10H3,(H,46,54)(H,47,55)/t28-,29-,33+,34-,37-,38-,39-,40+,41-/m0/s1. The number of carbonyl (C=O) groups is 2. The highest BCUT2D eigenvalue weighted by atomic mass is 16.7. The van der Waals surface area contributed by atoms with Gasteiger partial charge in [0.15, 0.2) is 0 Å². The van der Waals surface area contributed by atoms with Crippen LogP contribution < -0.4 is 20.3 Å². The van der Waals surface area contributed by atoms with Crippen LogP contribution in [0.4, 0.5) is 5.69 Å². The average molecular weight is 791 g/mol. The minimum absolute atomic E-state index is 0.0166. The zero-order valence-electron chi connectivity index (χ0n) is 36.1. The molecule has 2 saturated heterocycles. The van der Waals surface area contributed by atoms with Gasteiger partial charge in [0.05, 0.1) is 26.4 Å². The van der Waals surface area contributed by atoms with Gasteiger partial charge >= 0.3 is 0 Å². The number of hydroxylamine groups is 2. The Hall–Kier alpha value is -3.26. The van der Waals surface area contributed by atoms with Crippen molar-refractivity contribution in [1.29, 1.82) is 0 Å². The number of nitrogens with one attached hydrogen (secondary N) is 2. The quantitative estimate of drug-likeness (QED) is 0.205. The van der Waals surface area contributed by atoms with Gasteiger partial charge in [0.1, 0.15) is 17.9 Å². The van der Waals surface area contributed by atoms with Crippen molar-refractivity contribution < 1.29 is 29.4 Å². The Morgan fingerprint density at radius 1 is 1.07 bits per heavy atom. The van der Waals surface area contributed by atoms with E-state index in [9.17, 15) is 19.8 Å². The van der Waals surface area contributed by atoms with Gasteiger partial charge in [-0.3, -0.25) is 19.3 Å². The maximum absolute atomic E-state index is 14.3. The van der Waals surface area contributed by atoms with Crippen molar-refractivity contribution >= 4 is 17.5 Å². The van der Waals surface area contributed by atoms with Gasteiger partial charge in [0.2, 0.25) is 5.91 Å². The summed E-state index contributed by atoms with van der Waals surface area (Å²) in [5.41, 5.74) is 4.13. The molecule has 7 rings (SSSR count). The average Bonchev–Trinajstić information content (AvgIpc) is 3.54. The zero-order chi connectivity index (χ0) is 41.3. The number of methoxy groups -OCH3 is 1. The first kappa shape index (κ1) is 43.3. The van der Waals surface area contributed by atoms with Crippen LogP contribution >= 0.6 is 0 Å². The number of piperazine rings is 1. The second-order valence-electron chi connectivity index (χ2n) is 18.8. The summed E-state index contributed by atoms with van der Waals surface area (Å²) in [6.07, 6.45) is 1.38. The zero-order valence-corrected chi connectivity index (χ0v) is 36.1. The van der Waals surface area contributed by atoms with Crippen molar-refractivity contribution in [1.82, 2.24) is 25.5 Å². The lowest BCUT2D eigenvalue weighted by molar-refractivity contribution is -0.183. The van der Waals surface area contributed by atoms with Crippen LogP contribution in [0.25, 0.3) is 11.1 Å². The summed E-state index contributed by atoms with van der Waals surface area (Å²) in [6.45, 7) is 17.7. The summed E-state index contributed by atoms with van der Waals surface area (Å²) in [7, 11) is 7.71. The molecule has 4 N–H and O–H groups in total. The number of likely N-dealkylation sites (N-methyl/N-ethyl adjacent to an activating group) is 1. The van der Waals surface area contributed by atoms with Gasteiger partial charge in [-0.1, -0.05) is 52.8 Å². The number of para-hydroxylation sites is 1. The molecule has 2 aromatic carbocycles. The van der Waals surface area contributed by atoms with Gasteiger partial charge in [-0.25, -0.2) is 0 Å². The molecule has 0 aromatic heterocycles. The van der Waals surface area contributed by atoms with Crippen LogP contribution in [-0.2, 0) is 16.2 Å². The van der Waals surface area contributed by atoms with E-state index in [1.54, 1.807) is 19.1 Å². The van der Waals surface area contributed by atoms with Crippen molar-refractivity contribution in [3.05, 3.63) is 47.5 Å². The molecule has 0 unspecified atom stereocenters. The lowest BCUT2D eigenvalue weighted by Gasteiger charge is -2.62. The summed E-state index contributed by atoms with van der Waals surface area (Å²) >= 11 is 0. The summed E-state index contributed by atoms with van der Waals surface area (Å²) in [6, 6.07) is 11.0. The number of aliphatic hydroxyl groups is 2. The predicted octanol–water partition coefficient (Wildman–Crippen LogP) is 4.48. The second-order valence-corrected chi connectivity index (χ2v) is 18.8. The van der Waals surface area contributed by atoms with Gasteiger partial charge in [0, 0.05) is 87.2 Å². The molecule has 12 heteroatoms. The summed E-state index contributed by atoms with van der Waals surface area (Å²) in [4.78, 5) is 41.5. The van der Waals surface area contributed by atoms with Crippen LogP contribution in [0.2, 0.25) is 0 Å². The maximum Gasteiger partial charge on any atom is 0.251 e. The van der Waals surface area contributed by atoms with Crippen molar-refractivity contribution in [2.24, 2.45) is 35.0 Å². The van der Waals surface area contributed by atoms with Crippen LogP contribution in [0.15, 0.2) is 36.4 Å². The summed E-state index contributed by atoms with van der Waals surface area (Å²) in [5, 5.41) is 29.8. The molecule has 0 spiro atoms. The molecule has 57 heavy (non-hydrogen) atoms. The Kier molecular flexibility index (Phi) is 13.6. The van der Waals surface area contributed by atoms with E-state index in [4.69, 9.17) is 9.57 Å². The van der Waals surface area contributed by atoms with Crippen LogP contribution in [0, 0.1) is 35.0 Å². The Bertz CT molecular complexity index is 1710. The number of aliphatic hydroxyl groups excluding tert-OH is 2. The van der Waals surface area contributed by atoms with Crippen LogP contribution in [0.5, 0.6) is 5.75 Å². The number of nitrogens with zero attached hydrogens (tertiary/aromatic N) is 4. The van der Waals surface area contributed by atoms with E-state index >= 15 is 0 Å². The first-order chi connectivity index (χ1) is 27.0. The molecule has 316 valence electrons. The fraction of sp³-hybridized carbons (Fsp3) is 0.689. The molecule has 2 aromatic rings. The highest BCUT2D eigenvalue weighted by Crippen LogP contribution is 2.61. The van der Waals surface area contributed by atoms with E-state index in [1.165, 1.54) is 6.42 Å². The lowest BCUT2D eigenvalue weighted by Crippen LogP contribution is -2.62. The molecule has 9 atom stereocenters. The number of ether oxygens (including phenoxy) is 1. The molecular formula is C45H70N6O6. The Balaban J connectivity index is 1.26. The summed E-state index contributed by atoms with van der Waals surface area (Å²) < 4.78 is 6.13. The third-order valence-corrected chi connectivity index (χ3v) is 13.9. The first-order valence-corrected chi connectivity index (χ1v) is 21.2. The SMILES string of the molecule is COc1c(CN2O[C@@H](CO)[C@@H]([C@H](C)O)[C@H]2C(=O)N[C@H]2C[C@H]3C[C@@H]([C@@H]2C)C3(C)C)cccc1-c1cc(C(=O)N[C@@H](CC(C)C)CN2CCN(C)CC2)cc(N(C)C)c1. The number of hydrogen-bond donors (Lipinski definition) is 4. The maximum atomic E-state index is 14.3. The molecule has 0 radical (unpaired) electrons. The minimum Gasteiger partial charge on any atom is -0.496 e. The minimum atomic E-state index is -0.896. The van der Waals surface area contributed by atoms with E-state index in [0.717, 1.165) is 67.9 Å². The lowest BCUT2D eigenvalue weighted by atomic mass is 9.45. The Morgan fingerprint density at radius 3 is 2.39 bits per heavy atom. The number of benzene rings is 2. The summed E-state index contributed by atoms with van der Waals surface area (Å²) in [5.74, 6) is 1.56. The number of amides is 2. The molecule has 2 heterocycles. The Labute approximate surface area is 341 Å². The van der Waals surface area contributed by atoms with E-state index in [0.29, 0.717) is 35.0 Å². The van der Waals surface area contributed by atoms with Gasteiger partial charge < -0.3 is 35.4 Å². The molecule has 5 fully saturated rings. The van der Waals surface area contributed by atoms with Crippen molar-refractivity contribution in [2.45, 2.75) is 97.7 Å². The number of carbonyl (C=O) groups excluding carboxylic acids is 2. The fourth-order valence-electron chi connectivity index (χ4n) is 10.3. The number of anilines is 1. The van der Waals surface area contributed by atoms with Crippen LogP contribution in [0.1, 0.15) is 76.7 Å². The monoisotopic (exact) mass is 791 g/mol. The van der Waals surface area contributed by atoms with Crippen LogP contribution in [0.3, 0.4) is 0 Å². The highest BCUT2D eigenvalue weighted by molar-refractivity contribution is 5.97. The largest absolute Gasteiger partial charge is 0.496 e. The van der Waals surface area contributed by atoms with Gasteiger partial charge in [-0.05, 0) is 86.1 Å². The van der Waals surface area contributed by atoms with Crippen molar-refractivity contribution in [3.63, 3.8) is 0 Å². The second kappa shape index (κ2) is 17.9. The van der Waals surface area contributed by atoms with E-state index in [2.05, 4.69) is 68.2 Å². The molecule has 2 aliphatic heterocycles. The molecule has 3 aliphatic carbocycles. The number of fused-ring (bicyclic) bond motifs is 2.